The first-order chi connectivity index (χ1) is 12.8. The molecule has 2 aromatic rings. The highest BCUT2D eigenvalue weighted by atomic mass is 32.2. The topological polar surface area (TPSA) is 30.3 Å². The number of hydrogen-bond donors (Lipinski definition) is 0. The van der Waals surface area contributed by atoms with Crippen molar-refractivity contribution in [2.75, 3.05) is 32.7 Å². The number of terminal acetylenes is 1. The van der Waals surface area contributed by atoms with E-state index < -0.39 is 0 Å². The lowest BCUT2D eigenvalue weighted by Crippen LogP contribution is -2.45. The molecule has 2 aliphatic rings. The van der Waals surface area contributed by atoms with E-state index in [0.717, 1.165) is 31.7 Å². The van der Waals surface area contributed by atoms with E-state index in [2.05, 4.69) is 58.2 Å². The highest BCUT2D eigenvalue weighted by molar-refractivity contribution is 7.99. The zero-order chi connectivity index (χ0) is 17.9. The number of piperazine rings is 1. The minimum Gasteiger partial charge on any atom is -0.368 e. The molecule has 0 amide bonds. The van der Waals surface area contributed by atoms with Crippen LogP contribution in [-0.4, -0.2) is 42.5 Å². The maximum atomic E-state index is 9.27. The quantitative estimate of drug-likeness (QED) is 0.766. The highest BCUT2D eigenvalue weighted by Gasteiger charge is 2.23. The second kappa shape index (κ2) is 7.30. The van der Waals surface area contributed by atoms with Crippen LogP contribution in [-0.2, 0) is 0 Å². The number of nitriles is 1. The molecule has 1 fully saturated rings. The first-order valence-corrected chi connectivity index (χ1v) is 9.54. The molecule has 2 aromatic carbocycles. The second-order valence-electron chi connectivity index (χ2n) is 6.46. The minimum atomic E-state index is 0.699. The monoisotopic (exact) mass is 357 g/mol. The summed E-state index contributed by atoms with van der Waals surface area (Å²) in [6.45, 7) is 4.58. The molecule has 4 rings (SSSR count). The number of nitrogens with zero attached hydrogens (tertiary/aromatic N) is 3. The third-order valence-electron chi connectivity index (χ3n) is 4.84. The molecule has 4 heteroatoms. The molecule has 0 aliphatic carbocycles. The molecule has 3 nitrogen and oxygen atoms in total. The van der Waals surface area contributed by atoms with Gasteiger partial charge >= 0.3 is 0 Å². The lowest BCUT2D eigenvalue weighted by atomic mass is 10.0. The lowest BCUT2D eigenvalue weighted by molar-refractivity contribution is 0.193. The van der Waals surface area contributed by atoms with Gasteiger partial charge in [-0.2, -0.15) is 5.26 Å². The summed E-state index contributed by atoms with van der Waals surface area (Å²) in [4.78, 5) is 7.21. The van der Waals surface area contributed by atoms with E-state index >= 15 is 0 Å². The van der Waals surface area contributed by atoms with Gasteiger partial charge in [0.25, 0.3) is 0 Å². The Hall–Kier alpha value is -2.66. The summed E-state index contributed by atoms with van der Waals surface area (Å²) in [6, 6.07) is 16.7. The van der Waals surface area contributed by atoms with Crippen molar-refractivity contribution in [3.63, 3.8) is 0 Å². The van der Waals surface area contributed by atoms with Crippen LogP contribution >= 0.6 is 11.8 Å². The van der Waals surface area contributed by atoms with E-state index in [-0.39, 0.29) is 0 Å². The number of benzene rings is 2. The molecule has 0 N–H and O–H groups in total. The van der Waals surface area contributed by atoms with Crippen molar-refractivity contribution in [1.82, 2.24) is 9.80 Å². The maximum Gasteiger partial charge on any atom is 0.0991 e. The van der Waals surface area contributed by atoms with Crippen LogP contribution in [0.1, 0.15) is 16.7 Å². The molecule has 0 spiro atoms. The van der Waals surface area contributed by atoms with Crippen molar-refractivity contribution in [2.45, 2.75) is 9.79 Å². The van der Waals surface area contributed by atoms with Crippen molar-refractivity contribution < 1.29 is 0 Å². The third-order valence-corrected chi connectivity index (χ3v) is 6.01. The van der Waals surface area contributed by atoms with Crippen LogP contribution in [0.4, 0.5) is 0 Å². The predicted octanol–water partition coefficient (Wildman–Crippen LogP) is 3.77. The van der Waals surface area contributed by atoms with Gasteiger partial charge in [0.2, 0.25) is 0 Å². The molecule has 26 heavy (non-hydrogen) atoms. The third kappa shape index (κ3) is 3.22. The number of hydrogen-bond acceptors (Lipinski definition) is 4. The second-order valence-corrected chi connectivity index (χ2v) is 7.54. The summed E-state index contributed by atoms with van der Waals surface area (Å²) < 4.78 is 0. The molecule has 0 bridgehead atoms. The molecule has 2 heterocycles. The fourth-order valence-electron chi connectivity index (χ4n) is 3.47. The van der Waals surface area contributed by atoms with Gasteiger partial charge in [-0.1, -0.05) is 35.9 Å². The maximum absolute atomic E-state index is 9.27. The summed E-state index contributed by atoms with van der Waals surface area (Å²) in [5, 5.41) is 9.27. The van der Waals surface area contributed by atoms with Crippen molar-refractivity contribution in [1.29, 1.82) is 5.26 Å². The standard InChI is InChI=1S/C22H19N3S/c1-2-9-24-10-12-25(13-11-24)20-15-18-14-17(16-23)7-8-21(18)26-22-6-4-3-5-19(20)22/h1,3-8,14-15H,9-13H2. The molecular formula is C22H19N3S. The Bertz CT molecular complexity index is 941. The summed E-state index contributed by atoms with van der Waals surface area (Å²) in [7, 11) is 0. The Labute approximate surface area is 158 Å². The van der Waals surface area contributed by atoms with E-state index in [1.165, 1.54) is 21.1 Å². The first-order valence-electron chi connectivity index (χ1n) is 8.72. The molecule has 2 aliphatic heterocycles. The number of fused-ring (bicyclic) bond motifs is 2. The summed E-state index contributed by atoms with van der Waals surface area (Å²) in [5.74, 6) is 2.74. The van der Waals surface area contributed by atoms with Gasteiger partial charge in [0.05, 0.1) is 18.2 Å². The predicted molar refractivity (Wildman–Crippen MR) is 106 cm³/mol. The first kappa shape index (κ1) is 16.8. The zero-order valence-corrected chi connectivity index (χ0v) is 15.3. The zero-order valence-electron chi connectivity index (χ0n) is 14.5. The van der Waals surface area contributed by atoms with Crippen molar-refractivity contribution in [3.8, 4) is 18.4 Å². The van der Waals surface area contributed by atoms with Gasteiger partial charge in [-0.3, -0.25) is 4.90 Å². The van der Waals surface area contributed by atoms with E-state index in [1.54, 1.807) is 11.8 Å². The van der Waals surface area contributed by atoms with Gasteiger partial charge in [-0.25, -0.2) is 0 Å². The van der Waals surface area contributed by atoms with E-state index in [9.17, 15) is 5.26 Å². The molecule has 1 saturated heterocycles. The van der Waals surface area contributed by atoms with Crippen LogP contribution in [0.25, 0.3) is 11.8 Å². The smallest absolute Gasteiger partial charge is 0.0991 e. The minimum absolute atomic E-state index is 0.699. The van der Waals surface area contributed by atoms with Crippen LogP contribution in [0.2, 0.25) is 0 Å². The van der Waals surface area contributed by atoms with E-state index in [4.69, 9.17) is 6.42 Å². The fraction of sp³-hybridized carbons (Fsp3) is 0.227. The Morgan fingerprint density at radius 1 is 1.04 bits per heavy atom. The average molecular weight is 357 g/mol. The van der Waals surface area contributed by atoms with E-state index in [0.29, 0.717) is 12.1 Å². The van der Waals surface area contributed by atoms with Crippen LogP contribution in [0.15, 0.2) is 52.3 Å². The average Bonchev–Trinajstić information content (AvgIpc) is 2.85. The van der Waals surface area contributed by atoms with Gasteiger partial charge < -0.3 is 4.90 Å². The van der Waals surface area contributed by atoms with Crippen LogP contribution < -0.4 is 0 Å². The molecule has 128 valence electrons. The summed E-state index contributed by atoms with van der Waals surface area (Å²) in [5.41, 5.74) is 4.32. The highest BCUT2D eigenvalue weighted by Crippen LogP contribution is 2.41. The Kier molecular flexibility index (Phi) is 4.71. The van der Waals surface area contributed by atoms with Crippen LogP contribution in [0.3, 0.4) is 0 Å². The molecule has 0 saturated carbocycles. The number of rotatable bonds is 2. The summed E-state index contributed by atoms with van der Waals surface area (Å²) >= 11 is 1.77. The van der Waals surface area contributed by atoms with Crippen LogP contribution in [0.5, 0.6) is 0 Å². The Morgan fingerprint density at radius 3 is 2.62 bits per heavy atom. The van der Waals surface area contributed by atoms with E-state index in [1.807, 2.05) is 12.1 Å². The van der Waals surface area contributed by atoms with Gasteiger partial charge in [-0.15, -0.1) is 6.42 Å². The Morgan fingerprint density at radius 2 is 1.85 bits per heavy atom. The SMILES string of the molecule is C#CCN1CCN(C2=Cc3cc(C#N)ccc3Sc3ccccc32)CC1. The van der Waals surface area contributed by atoms with Gasteiger partial charge in [0, 0.05) is 47.2 Å². The lowest BCUT2D eigenvalue weighted by Gasteiger charge is -2.37. The normalized spacial score (nSPS) is 16.5. The van der Waals surface area contributed by atoms with Crippen LogP contribution in [0, 0.1) is 23.7 Å². The molecule has 0 aromatic heterocycles. The fourth-order valence-corrected chi connectivity index (χ4v) is 4.51. The summed E-state index contributed by atoms with van der Waals surface area (Å²) in [6.07, 6.45) is 7.70. The van der Waals surface area contributed by atoms with Crippen molar-refractivity contribution in [2.24, 2.45) is 0 Å². The molecular weight excluding hydrogens is 338 g/mol. The molecule has 0 radical (unpaired) electrons. The largest absolute Gasteiger partial charge is 0.368 e. The van der Waals surface area contributed by atoms with Gasteiger partial charge in [-0.05, 0) is 35.9 Å². The van der Waals surface area contributed by atoms with Gasteiger partial charge in [0.1, 0.15) is 0 Å². The van der Waals surface area contributed by atoms with Crippen molar-refractivity contribution in [3.05, 3.63) is 59.2 Å². The van der Waals surface area contributed by atoms with Gasteiger partial charge in [0.15, 0.2) is 0 Å². The Balaban J connectivity index is 1.74. The molecule has 0 atom stereocenters. The molecule has 0 unspecified atom stereocenters. The van der Waals surface area contributed by atoms with Crippen molar-refractivity contribution >= 4 is 23.5 Å².